The van der Waals surface area contributed by atoms with E-state index in [2.05, 4.69) is 0 Å². The second kappa shape index (κ2) is 7.80. The fourth-order valence-corrected chi connectivity index (χ4v) is 3.52. The molecule has 0 spiro atoms. The normalized spacial score (nSPS) is 16.0. The maximum atomic E-state index is 10.4. The van der Waals surface area contributed by atoms with Crippen LogP contribution in [0.15, 0.2) is 30.3 Å². The van der Waals surface area contributed by atoms with E-state index in [0.29, 0.717) is 41.5 Å². The highest BCUT2D eigenvalue weighted by Crippen LogP contribution is 2.47. The van der Waals surface area contributed by atoms with Crippen LogP contribution in [0, 0.1) is 0 Å². The first kappa shape index (κ1) is 18.9. The molecule has 0 saturated heterocycles. The van der Waals surface area contributed by atoms with E-state index in [1.54, 1.807) is 28.4 Å². The van der Waals surface area contributed by atoms with Gasteiger partial charge >= 0.3 is 0 Å². The van der Waals surface area contributed by atoms with Crippen molar-refractivity contribution in [2.75, 3.05) is 34.2 Å². The highest BCUT2D eigenvalue weighted by atomic mass is 16.5. The van der Waals surface area contributed by atoms with Crippen molar-refractivity contribution in [2.24, 2.45) is 0 Å². The van der Waals surface area contributed by atoms with Crippen molar-refractivity contribution in [3.63, 3.8) is 0 Å². The SMILES string of the molecule is COc1ccc(C2=C[C@@H](O)CCc3c2cc(OC)c(OC)c3OC)cc1N. The molecule has 2 aromatic carbocycles. The average molecular weight is 371 g/mol. The molecule has 0 bridgehead atoms. The number of aliphatic hydroxyl groups is 1. The van der Waals surface area contributed by atoms with Crippen LogP contribution in [-0.2, 0) is 6.42 Å². The predicted octanol–water partition coefficient (Wildman–Crippen LogP) is 3.04. The van der Waals surface area contributed by atoms with Gasteiger partial charge in [-0.1, -0.05) is 6.07 Å². The van der Waals surface area contributed by atoms with Gasteiger partial charge in [-0.25, -0.2) is 0 Å². The van der Waals surface area contributed by atoms with Crippen LogP contribution in [0.1, 0.15) is 23.1 Å². The quantitative estimate of drug-likeness (QED) is 0.786. The number of aliphatic hydroxyl groups excluding tert-OH is 1. The van der Waals surface area contributed by atoms with Gasteiger partial charge in [0.2, 0.25) is 5.75 Å². The Balaban J connectivity index is 2.26. The summed E-state index contributed by atoms with van der Waals surface area (Å²) in [4.78, 5) is 0. The van der Waals surface area contributed by atoms with Crippen LogP contribution in [0.2, 0.25) is 0 Å². The van der Waals surface area contributed by atoms with E-state index in [1.807, 2.05) is 30.3 Å². The topological polar surface area (TPSA) is 83.2 Å². The summed E-state index contributed by atoms with van der Waals surface area (Å²) in [6.45, 7) is 0. The van der Waals surface area contributed by atoms with E-state index in [9.17, 15) is 5.11 Å². The summed E-state index contributed by atoms with van der Waals surface area (Å²) < 4.78 is 21.9. The Kier molecular flexibility index (Phi) is 5.46. The lowest BCUT2D eigenvalue weighted by Gasteiger charge is -2.20. The standard InChI is InChI=1S/C21H25NO5/c1-24-18-8-5-12(9-17(18)22)15-10-13(23)6-7-14-16(15)11-19(25-2)21(27-4)20(14)26-3/h5,8-11,13,23H,6-7,22H2,1-4H3/t13-/m0/s1. The molecule has 144 valence electrons. The molecule has 3 N–H and O–H groups in total. The average Bonchev–Trinajstić information content (AvgIpc) is 2.85. The van der Waals surface area contributed by atoms with Crippen LogP contribution in [-0.4, -0.2) is 39.6 Å². The molecule has 27 heavy (non-hydrogen) atoms. The molecule has 3 rings (SSSR count). The van der Waals surface area contributed by atoms with Crippen LogP contribution in [0.4, 0.5) is 5.69 Å². The van der Waals surface area contributed by atoms with Crippen LogP contribution < -0.4 is 24.7 Å². The number of nitrogens with two attached hydrogens (primary N) is 1. The molecule has 0 aliphatic heterocycles. The van der Waals surface area contributed by atoms with E-state index in [1.165, 1.54) is 0 Å². The first-order valence-electron chi connectivity index (χ1n) is 8.70. The molecular formula is C21H25NO5. The molecule has 6 heteroatoms. The lowest BCUT2D eigenvalue weighted by molar-refractivity contribution is 0.214. The maximum absolute atomic E-state index is 10.4. The Labute approximate surface area is 159 Å². The largest absolute Gasteiger partial charge is 0.495 e. The Morgan fingerprint density at radius 2 is 1.63 bits per heavy atom. The third-order valence-electron chi connectivity index (χ3n) is 4.81. The van der Waals surface area contributed by atoms with E-state index in [0.717, 1.165) is 22.3 Å². The minimum atomic E-state index is -0.586. The van der Waals surface area contributed by atoms with Gasteiger partial charge in [0, 0.05) is 5.56 Å². The highest BCUT2D eigenvalue weighted by molar-refractivity contribution is 5.86. The number of fused-ring (bicyclic) bond motifs is 1. The van der Waals surface area contributed by atoms with Gasteiger partial charge in [-0.2, -0.15) is 0 Å². The molecular weight excluding hydrogens is 346 g/mol. The van der Waals surface area contributed by atoms with Crippen molar-refractivity contribution in [1.82, 2.24) is 0 Å². The van der Waals surface area contributed by atoms with Crippen molar-refractivity contribution in [3.05, 3.63) is 47.0 Å². The second-order valence-electron chi connectivity index (χ2n) is 6.31. The number of rotatable bonds is 5. The fraction of sp³-hybridized carbons (Fsp3) is 0.333. The minimum Gasteiger partial charge on any atom is -0.495 e. The van der Waals surface area contributed by atoms with Gasteiger partial charge < -0.3 is 29.8 Å². The Hall–Kier alpha value is -2.86. The molecule has 0 saturated carbocycles. The van der Waals surface area contributed by atoms with Crippen molar-refractivity contribution < 1.29 is 24.1 Å². The van der Waals surface area contributed by atoms with E-state index >= 15 is 0 Å². The summed E-state index contributed by atoms with van der Waals surface area (Å²) >= 11 is 0. The number of nitrogen functional groups attached to an aromatic ring is 1. The third-order valence-corrected chi connectivity index (χ3v) is 4.81. The Morgan fingerprint density at radius 3 is 2.22 bits per heavy atom. The molecule has 6 nitrogen and oxygen atoms in total. The van der Waals surface area contributed by atoms with Gasteiger partial charge in [-0.15, -0.1) is 0 Å². The van der Waals surface area contributed by atoms with Crippen LogP contribution in [0.3, 0.4) is 0 Å². The molecule has 0 radical (unpaired) electrons. The van der Waals surface area contributed by atoms with Gasteiger partial charge in [0.15, 0.2) is 11.5 Å². The zero-order valence-electron chi connectivity index (χ0n) is 16.0. The monoisotopic (exact) mass is 371 g/mol. The smallest absolute Gasteiger partial charge is 0.203 e. The van der Waals surface area contributed by atoms with Crippen molar-refractivity contribution in [2.45, 2.75) is 18.9 Å². The summed E-state index contributed by atoms with van der Waals surface area (Å²) in [7, 11) is 6.36. The first-order chi connectivity index (χ1) is 13.0. The number of hydrogen-bond acceptors (Lipinski definition) is 6. The van der Waals surface area contributed by atoms with Gasteiger partial charge in [0.05, 0.1) is 40.2 Å². The second-order valence-corrected chi connectivity index (χ2v) is 6.31. The van der Waals surface area contributed by atoms with Crippen LogP contribution >= 0.6 is 0 Å². The van der Waals surface area contributed by atoms with Crippen molar-refractivity contribution in [1.29, 1.82) is 0 Å². The third kappa shape index (κ3) is 3.40. The zero-order chi connectivity index (χ0) is 19.6. The number of anilines is 1. The van der Waals surface area contributed by atoms with E-state index in [-0.39, 0.29) is 0 Å². The predicted molar refractivity (Wildman–Crippen MR) is 105 cm³/mol. The van der Waals surface area contributed by atoms with E-state index < -0.39 is 6.10 Å². The number of hydrogen-bond donors (Lipinski definition) is 2. The zero-order valence-corrected chi connectivity index (χ0v) is 16.0. The van der Waals surface area contributed by atoms with E-state index in [4.69, 9.17) is 24.7 Å². The summed E-state index contributed by atoms with van der Waals surface area (Å²) in [5.41, 5.74) is 10.3. The Morgan fingerprint density at radius 1 is 0.926 bits per heavy atom. The molecule has 0 heterocycles. The number of methoxy groups -OCH3 is 4. The molecule has 1 aliphatic carbocycles. The molecule has 0 aromatic heterocycles. The molecule has 0 unspecified atom stereocenters. The van der Waals surface area contributed by atoms with Crippen LogP contribution in [0.5, 0.6) is 23.0 Å². The van der Waals surface area contributed by atoms with Gasteiger partial charge in [-0.3, -0.25) is 0 Å². The minimum absolute atomic E-state index is 0.531. The molecule has 2 aromatic rings. The van der Waals surface area contributed by atoms with Crippen molar-refractivity contribution in [3.8, 4) is 23.0 Å². The highest BCUT2D eigenvalue weighted by Gasteiger charge is 2.26. The first-order valence-corrected chi connectivity index (χ1v) is 8.70. The fourth-order valence-electron chi connectivity index (χ4n) is 3.52. The summed E-state index contributed by atoms with van der Waals surface area (Å²) in [5, 5.41) is 10.4. The molecule has 0 fully saturated rings. The van der Waals surface area contributed by atoms with Crippen LogP contribution in [0.25, 0.3) is 5.57 Å². The lowest BCUT2D eigenvalue weighted by Crippen LogP contribution is -2.04. The summed E-state index contributed by atoms with van der Waals surface area (Å²) in [6.07, 6.45) is 2.48. The molecule has 1 aliphatic rings. The Bertz CT molecular complexity index is 875. The maximum Gasteiger partial charge on any atom is 0.203 e. The number of ether oxygens (including phenoxy) is 4. The van der Waals surface area contributed by atoms with Gasteiger partial charge in [0.25, 0.3) is 0 Å². The molecule has 0 amide bonds. The van der Waals surface area contributed by atoms with Crippen molar-refractivity contribution >= 4 is 11.3 Å². The van der Waals surface area contributed by atoms with Gasteiger partial charge in [-0.05, 0) is 53.8 Å². The van der Waals surface area contributed by atoms with Gasteiger partial charge in [0.1, 0.15) is 5.75 Å². The lowest BCUT2D eigenvalue weighted by atomic mass is 9.92. The summed E-state index contributed by atoms with van der Waals surface area (Å²) in [5.74, 6) is 2.34. The summed E-state index contributed by atoms with van der Waals surface area (Å²) in [6, 6.07) is 7.50. The molecule has 1 atom stereocenters. The number of benzene rings is 2.